The molecule has 0 bridgehead atoms. The number of nitrogens with zero attached hydrogens (tertiary/aromatic N) is 3. The van der Waals surface area contributed by atoms with E-state index in [1.54, 1.807) is 0 Å². The third kappa shape index (κ3) is 5.43. The van der Waals surface area contributed by atoms with Crippen molar-refractivity contribution >= 4 is 28.2 Å². The van der Waals surface area contributed by atoms with Gasteiger partial charge in [0.1, 0.15) is 18.0 Å². The molecule has 0 saturated carbocycles. The Labute approximate surface area is 223 Å². The third-order valence-corrected chi connectivity index (χ3v) is 7.06. The molecule has 8 nitrogen and oxygen atoms in total. The van der Waals surface area contributed by atoms with Crippen molar-refractivity contribution in [1.82, 2.24) is 15.3 Å². The van der Waals surface area contributed by atoms with Crippen molar-refractivity contribution in [3.8, 4) is 16.9 Å². The summed E-state index contributed by atoms with van der Waals surface area (Å²) < 4.78 is 17.7. The summed E-state index contributed by atoms with van der Waals surface area (Å²) >= 11 is 0. The molecule has 0 radical (unpaired) electrons. The van der Waals surface area contributed by atoms with E-state index >= 15 is 0 Å². The van der Waals surface area contributed by atoms with Gasteiger partial charge in [-0.15, -0.1) is 0 Å². The van der Waals surface area contributed by atoms with Gasteiger partial charge in [0.2, 0.25) is 5.95 Å². The predicted molar refractivity (Wildman–Crippen MR) is 150 cm³/mol. The number of anilines is 3. The Morgan fingerprint density at radius 3 is 2.76 bits per heavy atom. The van der Waals surface area contributed by atoms with E-state index in [0.29, 0.717) is 12.6 Å². The van der Waals surface area contributed by atoms with Crippen LogP contribution in [0.2, 0.25) is 0 Å². The van der Waals surface area contributed by atoms with Crippen LogP contribution >= 0.6 is 0 Å². The molecule has 196 valence electrons. The van der Waals surface area contributed by atoms with Crippen molar-refractivity contribution in [1.29, 1.82) is 0 Å². The molecule has 2 unspecified atom stereocenters. The van der Waals surface area contributed by atoms with Crippen molar-refractivity contribution in [2.24, 2.45) is 0 Å². The first-order chi connectivity index (χ1) is 18.7. The summed E-state index contributed by atoms with van der Waals surface area (Å²) in [5, 5.41) is 7.82. The number of rotatable bonds is 7. The zero-order valence-electron chi connectivity index (χ0n) is 21.6. The standard InChI is InChI=1S/C30H33N5O3/c1-21(28-20-31-12-15-37-28)38-24-8-4-6-22(18-24)25-9-5-7-23-19-32-30(34-29(23)25)33-26-10-2-3-11-27(26)35-13-16-36-17-14-35/h2-11,18-19,21,28,31H,12-17,20H2,1H3,(H,32,33,34). The summed E-state index contributed by atoms with van der Waals surface area (Å²) in [5.41, 5.74) is 5.07. The maximum Gasteiger partial charge on any atom is 0.227 e. The zero-order chi connectivity index (χ0) is 25.7. The van der Waals surface area contributed by atoms with Crippen LogP contribution in [0.1, 0.15) is 6.92 Å². The van der Waals surface area contributed by atoms with E-state index < -0.39 is 0 Å². The topological polar surface area (TPSA) is 80.8 Å². The van der Waals surface area contributed by atoms with Gasteiger partial charge >= 0.3 is 0 Å². The van der Waals surface area contributed by atoms with Crippen molar-refractivity contribution in [2.45, 2.75) is 19.1 Å². The maximum absolute atomic E-state index is 6.28. The fourth-order valence-corrected chi connectivity index (χ4v) is 5.04. The summed E-state index contributed by atoms with van der Waals surface area (Å²) in [6.07, 6.45) is 1.85. The number of benzene rings is 3. The Hall–Kier alpha value is -3.72. The second-order valence-corrected chi connectivity index (χ2v) is 9.64. The Morgan fingerprint density at radius 2 is 1.89 bits per heavy atom. The number of hydrogen-bond acceptors (Lipinski definition) is 8. The molecule has 38 heavy (non-hydrogen) atoms. The lowest BCUT2D eigenvalue weighted by Gasteiger charge is -2.30. The van der Waals surface area contributed by atoms with Crippen LogP contribution in [0.4, 0.5) is 17.3 Å². The molecule has 2 aliphatic heterocycles. The monoisotopic (exact) mass is 511 g/mol. The second-order valence-electron chi connectivity index (χ2n) is 9.64. The number of fused-ring (bicyclic) bond motifs is 1. The Kier molecular flexibility index (Phi) is 7.35. The quantitative estimate of drug-likeness (QED) is 0.372. The molecule has 0 spiro atoms. The highest BCUT2D eigenvalue weighted by Crippen LogP contribution is 2.32. The van der Waals surface area contributed by atoms with Crippen molar-refractivity contribution in [2.75, 3.05) is 56.2 Å². The average Bonchev–Trinajstić information content (AvgIpc) is 2.98. The van der Waals surface area contributed by atoms with Gasteiger partial charge in [-0.25, -0.2) is 9.97 Å². The van der Waals surface area contributed by atoms with Gasteiger partial charge in [-0.1, -0.05) is 42.5 Å². The highest BCUT2D eigenvalue weighted by molar-refractivity contribution is 5.94. The second kappa shape index (κ2) is 11.3. The molecule has 8 heteroatoms. The molecule has 6 rings (SSSR count). The number of para-hydroxylation sites is 3. The van der Waals surface area contributed by atoms with Gasteiger partial charge in [0.25, 0.3) is 0 Å². The van der Waals surface area contributed by atoms with Crippen molar-refractivity contribution in [3.05, 3.63) is 72.9 Å². The fraction of sp³-hybridized carbons (Fsp3) is 0.333. The molecule has 2 saturated heterocycles. The average molecular weight is 512 g/mol. The maximum atomic E-state index is 6.28. The molecule has 0 aliphatic carbocycles. The van der Waals surface area contributed by atoms with Gasteiger partial charge in [-0.05, 0) is 36.8 Å². The van der Waals surface area contributed by atoms with Gasteiger partial charge < -0.3 is 29.7 Å². The Bertz CT molecular complexity index is 1390. The van der Waals surface area contributed by atoms with Crippen LogP contribution < -0.4 is 20.3 Å². The molecule has 1 aromatic heterocycles. The molecule has 4 aromatic rings. The largest absolute Gasteiger partial charge is 0.488 e. The van der Waals surface area contributed by atoms with Gasteiger partial charge in [-0.3, -0.25) is 0 Å². The highest BCUT2D eigenvalue weighted by atomic mass is 16.5. The van der Waals surface area contributed by atoms with Crippen molar-refractivity contribution in [3.63, 3.8) is 0 Å². The smallest absolute Gasteiger partial charge is 0.227 e. The van der Waals surface area contributed by atoms with E-state index in [2.05, 4.69) is 63.8 Å². The first-order valence-electron chi connectivity index (χ1n) is 13.3. The molecular weight excluding hydrogens is 478 g/mol. The van der Waals surface area contributed by atoms with Crippen LogP contribution in [0, 0.1) is 0 Å². The van der Waals surface area contributed by atoms with E-state index in [9.17, 15) is 0 Å². The van der Waals surface area contributed by atoms with Crippen LogP contribution in [-0.4, -0.2) is 68.2 Å². The lowest BCUT2D eigenvalue weighted by molar-refractivity contribution is -0.0350. The number of aromatic nitrogens is 2. The first-order valence-corrected chi connectivity index (χ1v) is 13.3. The van der Waals surface area contributed by atoms with Crippen LogP contribution in [0.15, 0.2) is 72.9 Å². The molecule has 2 fully saturated rings. The number of morpholine rings is 2. The molecule has 0 amide bonds. The number of hydrogen-bond donors (Lipinski definition) is 2. The van der Waals surface area contributed by atoms with Crippen LogP contribution in [0.3, 0.4) is 0 Å². The van der Waals surface area contributed by atoms with Crippen LogP contribution in [-0.2, 0) is 9.47 Å². The number of ether oxygens (including phenoxy) is 3. The summed E-state index contributed by atoms with van der Waals surface area (Å²) in [4.78, 5) is 11.9. The summed E-state index contributed by atoms with van der Waals surface area (Å²) in [6.45, 7) is 7.64. The van der Waals surface area contributed by atoms with Crippen LogP contribution in [0.5, 0.6) is 5.75 Å². The molecule has 2 N–H and O–H groups in total. The minimum absolute atomic E-state index is 0.0340. The van der Waals surface area contributed by atoms with Crippen molar-refractivity contribution < 1.29 is 14.2 Å². The van der Waals surface area contributed by atoms with Gasteiger partial charge in [0.05, 0.1) is 36.7 Å². The fourth-order valence-electron chi connectivity index (χ4n) is 5.04. The van der Waals surface area contributed by atoms with E-state index in [-0.39, 0.29) is 12.2 Å². The highest BCUT2D eigenvalue weighted by Gasteiger charge is 2.22. The Balaban J connectivity index is 1.28. The third-order valence-electron chi connectivity index (χ3n) is 7.06. The molecule has 2 aliphatic rings. The first kappa shape index (κ1) is 24.6. The SMILES string of the molecule is CC(Oc1cccc(-c2cccc3cnc(Nc4ccccc4N4CCOCC4)nc23)c1)C1CNCCO1. The lowest BCUT2D eigenvalue weighted by Crippen LogP contribution is -2.46. The van der Waals surface area contributed by atoms with Crippen LogP contribution in [0.25, 0.3) is 22.0 Å². The number of nitrogens with one attached hydrogen (secondary N) is 2. The van der Waals surface area contributed by atoms with E-state index in [1.807, 2.05) is 36.5 Å². The Morgan fingerprint density at radius 1 is 1.03 bits per heavy atom. The summed E-state index contributed by atoms with van der Waals surface area (Å²) in [5.74, 6) is 1.38. The molecular formula is C30H33N5O3. The van der Waals surface area contributed by atoms with E-state index in [0.717, 1.165) is 78.5 Å². The predicted octanol–water partition coefficient (Wildman–Crippen LogP) is 4.63. The van der Waals surface area contributed by atoms with E-state index in [4.69, 9.17) is 19.2 Å². The van der Waals surface area contributed by atoms with Gasteiger partial charge in [0.15, 0.2) is 0 Å². The molecule has 2 atom stereocenters. The minimum atomic E-state index is -0.0600. The zero-order valence-corrected chi connectivity index (χ0v) is 21.6. The summed E-state index contributed by atoms with van der Waals surface area (Å²) in [7, 11) is 0. The van der Waals surface area contributed by atoms with Gasteiger partial charge in [0, 0.05) is 43.3 Å². The normalized spacial score (nSPS) is 18.8. The van der Waals surface area contributed by atoms with Gasteiger partial charge in [-0.2, -0.15) is 0 Å². The molecule has 3 aromatic carbocycles. The minimum Gasteiger partial charge on any atom is -0.488 e. The lowest BCUT2D eigenvalue weighted by atomic mass is 10.0. The van der Waals surface area contributed by atoms with E-state index in [1.165, 1.54) is 0 Å². The summed E-state index contributed by atoms with van der Waals surface area (Å²) in [6, 6.07) is 22.6. The molecule has 3 heterocycles.